The fourth-order valence-corrected chi connectivity index (χ4v) is 4.32. The number of benzene rings is 3. The lowest BCUT2D eigenvalue weighted by atomic mass is 9.76. The zero-order chi connectivity index (χ0) is 21.3. The molecule has 0 radical (unpaired) electrons. The average molecular weight is 405 g/mol. The Hall–Kier alpha value is -3.34. The number of carbonyl (C=O) groups is 1. The number of halogens is 1. The van der Waals surface area contributed by atoms with Crippen LogP contribution < -0.4 is 9.64 Å². The lowest BCUT2D eigenvalue weighted by Crippen LogP contribution is -2.36. The van der Waals surface area contributed by atoms with Gasteiger partial charge in [0.15, 0.2) is 5.60 Å². The molecule has 0 spiro atoms. The van der Waals surface area contributed by atoms with Gasteiger partial charge in [0.25, 0.3) is 6.47 Å². The SMILES string of the molecule is CCN(CC)c1ccc2c(c1)Oc1ccc(F)cc1C2(OC=O)c1ccccc1C. The summed E-state index contributed by atoms with van der Waals surface area (Å²) in [5.74, 6) is 0.627. The van der Waals surface area contributed by atoms with E-state index in [1.165, 1.54) is 12.1 Å². The van der Waals surface area contributed by atoms with Gasteiger partial charge in [-0.1, -0.05) is 24.3 Å². The Labute approximate surface area is 175 Å². The van der Waals surface area contributed by atoms with Gasteiger partial charge in [-0.05, 0) is 56.7 Å². The molecule has 30 heavy (non-hydrogen) atoms. The Balaban J connectivity index is 2.05. The predicted molar refractivity (Wildman–Crippen MR) is 115 cm³/mol. The highest BCUT2D eigenvalue weighted by Crippen LogP contribution is 2.53. The highest BCUT2D eigenvalue weighted by atomic mass is 19.1. The lowest BCUT2D eigenvalue weighted by molar-refractivity contribution is -0.137. The van der Waals surface area contributed by atoms with Gasteiger partial charge in [-0.2, -0.15) is 0 Å². The van der Waals surface area contributed by atoms with Crippen molar-refractivity contribution < 1.29 is 18.7 Å². The standard InChI is InChI=1S/C25H24FNO3/c1-4-27(5-2)19-11-12-21-24(15-19)30-23-13-10-18(26)14-22(23)25(21,29-16-28)20-9-7-6-8-17(20)3/h6-16H,4-5H2,1-3H3. The van der Waals surface area contributed by atoms with E-state index in [0.717, 1.165) is 29.9 Å². The maximum atomic E-state index is 14.3. The van der Waals surface area contributed by atoms with Crippen molar-refractivity contribution in [2.75, 3.05) is 18.0 Å². The Morgan fingerprint density at radius 1 is 0.967 bits per heavy atom. The van der Waals surface area contributed by atoms with Crippen molar-refractivity contribution in [3.05, 3.63) is 88.7 Å². The van der Waals surface area contributed by atoms with Gasteiger partial charge in [0.2, 0.25) is 0 Å². The molecule has 1 heterocycles. The van der Waals surface area contributed by atoms with Gasteiger partial charge in [0, 0.05) is 36.0 Å². The second kappa shape index (κ2) is 7.82. The Morgan fingerprint density at radius 2 is 1.73 bits per heavy atom. The first-order chi connectivity index (χ1) is 14.5. The van der Waals surface area contributed by atoms with Crippen molar-refractivity contribution in [3.63, 3.8) is 0 Å². The molecule has 0 bridgehead atoms. The maximum absolute atomic E-state index is 14.3. The fourth-order valence-electron chi connectivity index (χ4n) is 4.32. The molecule has 0 aromatic heterocycles. The zero-order valence-electron chi connectivity index (χ0n) is 17.3. The number of carbonyl (C=O) groups excluding carboxylic acids is 1. The van der Waals surface area contributed by atoms with Crippen LogP contribution in [0.1, 0.15) is 36.1 Å². The zero-order valence-corrected chi connectivity index (χ0v) is 17.3. The second-order valence-electron chi connectivity index (χ2n) is 7.31. The molecule has 0 amide bonds. The Morgan fingerprint density at radius 3 is 2.43 bits per heavy atom. The summed E-state index contributed by atoms with van der Waals surface area (Å²) >= 11 is 0. The van der Waals surface area contributed by atoms with E-state index in [9.17, 15) is 9.18 Å². The molecule has 5 heteroatoms. The molecule has 0 fully saturated rings. The van der Waals surface area contributed by atoms with Crippen molar-refractivity contribution in [1.29, 1.82) is 0 Å². The van der Waals surface area contributed by atoms with Gasteiger partial charge in [-0.3, -0.25) is 4.79 Å². The third-order valence-corrected chi connectivity index (χ3v) is 5.76. The van der Waals surface area contributed by atoms with Crippen molar-refractivity contribution in [2.24, 2.45) is 0 Å². The smallest absolute Gasteiger partial charge is 0.294 e. The van der Waals surface area contributed by atoms with Crippen molar-refractivity contribution in [3.8, 4) is 11.5 Å². The van der Waals surface area contributed by atoms with Crippen LogP contribution in [-0.4, -0.2) is 19.6 Å². The van der Waals surface area contributed by atoms with Gasteiger partial charge >= 0.3 is 0 Å². The van der Waals surface area contributed by atoms with E-state index in [2.05, 4.69) is 18.7 Å². The molecule has 4 nitrogen and oxygen atoms in total. The first-order valence-corrected chi connectivity index (χ1v) is 10.1. The molecule has 0 saturated carbocycles. The molecular formula is C25H24FNO3. The van der Waals surface area contributed by atoms with Crippen LogP contribution in [0, 0.1) is 12.7 Å². The molecular weight excluding hydrogens is 381 g/mol. The van der Waals surface area contributed by atoms with Crippen molar-refractivity contribution in [1.82, 2.24) is 0 Å². The van der Waals surface area contributed by atoms with Gasteiger partial charge in [-0.15, -0.1) is 0 Å². The molecule has 154 valence electrons. The van der Waals surface area contributed by atoms with E-state index in [1.807, 2.05) is 49.4 Å². The summed E-state index contributed by atoms with van der Waals surface area (Å²) in [5, 5.41) is 0. The van der Waals surface area contributed by atoms with E-state index in [-0.39, 0.29) is 0 Å². The van der Waals surface area contributed by atoms with Crippen molar-refractivity contribution >= 4 is 12.2 Å². The molecule has 3 aromatic rings. The van der Waals surface area contributed by atoms with Crippen LogP contribution in [0.3, 0.4) is 0 Å². The normalized spacial score (nSPS) is 16.8. The summed E-state index contributed by atoms with van der Waals surface area (Å²) in [6, 6.07) is 17.8. The molecule has 0 saturated heterocycles. The molecule has 0 aliphatic carbocycles. The minimum absolute atomic E-state index is 0.423. The summed E-state index contributed by atoms with van der Waals surface area (Å²) in [4.78, 5) is 14.0. The lowest BCUT2D eigenvalue weighted by Gasteiger charge is -2.40. The molecule has 1 aliphatic heterocycles. The van der Waals surface area contributed by atoms with Crippen LogP contribution >= 0.6 is 0 Å². The highest BCUT2D eigenvalue weighted by molar-refractivity contribution is 5.67. The van der Waals surface area contributed by atoms with Crippen LogP contribution in [0.5, 0.6) is 11.5 Å². The van der Waals surface area contributed by atoms with Crippen molar-refractivity contribution in [2.45, 2.75) is 26.4 Å². The number of nitrogens with zero attached hydrogens (tertiary/aromatic N) is 1. The largest absolute Gasteiger partial charge is 0.456 e. The third-order valence-electron chi connectivity index (χ3n) is 5.76. The monoisotopic (exact) mass is 405 g/mol. The predicted octanol–water partition coefficient (Wildman–Crippen LogP) is 5.55. The number of hydrogen-bond donors (Lipinski definition) is 0. The summed E-state index contributed by atoms with van der Waals surface area (Å²) in [7, 11) is 0. The molecule has 3 aromatic carbocycles. The molecule has 1 aliphatic rings. The number of hydrogen-bond acceptors (Lipinski definition) is 4. The molecule has 0 N–H and O–H groups in total. The van der Waals surface area contributed by atoms with Gasteiger partial charge in [0.05, 0.1) is 5.56 Å². The maximum Gasteiger partial charge on any atom is 0.294 e. The summed E-state index contributed by atoms with van der Waals surface area (Å²) in [6.45, 7) is 8.26. The first-order valence-electron chi connectivity index (χ1n) is 10.1. The van der Waals surface area contributed by atoms with Crippen LogP contribution in [0.4, 0.5) is 10.1 Å². The molecule has 1 unspecified atom stereocenters. The summed E-state index contributed by atoms with van der Waals surface area (Å²) < 4.78 is 26.4. The molecule has 1 atom stereocenters. The van der Waals surface area contributed by atoms with E-state index in [4.69, 9.17) is 9.47 Å². The summed E-state index contributed by atoms with van der Waals surface area (Å²) in [5.41, 5.74) is 2.53. The minimum Gasteiger partial charge on any atom is -0.456 e. The third kappa shape index (κ3) is 3.02. The van der Waals surface area contributed by atoms with E-state index < -0.39 is 11.4 Å². The van der Waals surface area contributed by atoms with Crippen LogP contribution in [0.15, 0.2) is 60.7 Å². The average Bonchev–Trinajstić information content (AvgIpc) is 2.75. The van der Waals surface area contributed by atoms with Crippen LogP contribution in [0.2, 0.25) is 0 Å². The van der Waals surface area contributed by atoms with Crippen LogP contribution in [0.25, 0.3) is 0 Å². The molecule has 4 rings (SSSR count). The number of fused-ring (bicyclic) bond motifs is 2. The van der Waals surface area contributed by atoms with E-state index in [0.29, 0.717) is 29.1 Å². The second-order valence-corrected chi connectivity index (χ2v) is 7.31. The van der Waals surface area contributed by atoms with Gasteiger partial charge in [-0.25, -0.2) is 4.39 Å². The topological polar surface area (TPSA) is 38.8 Å². The fraction of sp³-hybridized carbons (Fsp3) is 0.240. The van der Waals surface area contributed by atoms with Crippen LogP contribution in [-0.2, 0) is 15.1 Å². The highest BCUT2D eigenvalue weighted by Gasteiger charge is 2.47. The minimum atomic E-state index is -1.31. The van der Waals surface area contributed by atoms with E-state index >= 15 is 0 Å². The number of anilines is 1. The first kappa shape index (κ1) is 20.0. The Bertz CT molecular complexity index is 1090. The number of rotatable bonds is 6. The summed E-state index contributed by atoms with van der Waals surface area (Å²) in [6.07, 6.45) is 0. The Kier molecular flexibility index (Phi) is 5.20. The number of aryl methyl sites for hydroxylation is 1. The number of ether oxygens (including phenoxy) is 2. The van der Waals surface area contributed by atoms with Gasteiger partial charge < -0.3 is 14.4 Å². The van der Waals surface area contributed by atoms with E-state index in [1.54, 1.807) is 6.07 Å². The quantitative estimate of drug-likeness (QED) is 0.504. The van der Waals surface area contributed by atoms with Gasteiger partial charge in [0.1, 0.15) is 17.3 Å².